The van der Waals surface area contributed by atoms with Crippen LogP contribution in [0.4, 0.5) is 17.6 Å². The van der Waals surface area contributed by atoms with E-state index in [4.69, 9.17) is 0 Å². The summed E-state index contributed by atoms with van der Waals surface area (Å²) < 4.78 is 82.0. The Kier molecular flexibility index (Phi) is 6.62. The summed E-state index contributed by atoms with van der Waals surface area (Å²) in [6.07, 6.45) is -2.88. The number of nitrogens with zero attached hydrogens (tertiary/aromatic N) is 2. The summed E-state index contributed by atoms with van der Waals surface area (Å²) in [5.74, 6) is 0.126. The average Bonchev–Trinajstić information content (AvgIpc) is 3.30. The highest BCUT2D eigenvalue weighted by atomic mass is 32.2. The van der Waals surface area contributed by atoms with E-state index in [1.54, 1.807) is 0 Å². The second-order valence-corrected chi connectivity index (χ2v) is 13.8. The van der Waals surface area contributed by atoms with Gasteiger partial charge in [0.05, 0.1) is 17.0 Å². The van der Waals surface area contributed by atoms with Crippen molar-refractivity contribution in [3.8, 4) is 0 Å². The summed E-state index contributed by atoms with van der Waals surface area (Å²) in [5, 5.41) is 3.35. The first-order valence-electron chi connectivity index (χ1n) is 13.6. The van der Waals surface area contributed by atoms with Crippen molar-refractivity contribution in [2.75, 3.05) is 6.54 Å². The molecular weight excluding hydrogens is 570 g/mol. The van der Waals surface area contributed by atoms with Gasteiger partial charge in [-0.1, -0.05) is 42.5 Å². The van der Waals surface area contributed by atoms with Crippen LogP contribution in [0.3, 0.4) is 0 Å². The molecule has 0 amide bonds. The Hall–Kier alpha value is -3.57. The van der Waals surface area contributed by atoms with Gasteiger partial charge in [0.15, 0.2) is 5.78 Å². The number of hydrogen-bond acceptors (Lipinski definition) is 5. The van der Waals surface area contributed by atoms with Gasteiger partial charge >= 0.3 is 6.18 Å². The lowest BCUT2D eigenvalue weighted by Gasteiger charge is -2.73. The molecule has 220 valence electrons. The molecule has 1 heterocycles. The van der Waals surface area contributed by atoms with Crippen LogP contribution in [0.1, 0.15) is 42.9 Å². The van der Waals surface area contributed by atoms with Crippen LogP contribution in [-0.4, -0.2) is 42.0 Å². The number of sulfonamides is 1. The van der Waals surface area contributed by atoms with E-state index in [-0.39, 0.29) is 30.2 Å². The molecule has 11 heteroatoms. The molecule has 3 aliphatic carbocycles. The Morgan fingerprint density at radius 2 is 1.55 bits per heavy atom. The molecule has 0 saturated heterocycles. The molecule has 3 aromatic carbocycles. The van der Waals surface area contributed by atoms with E-state index in [2.05, 4.69) is 10.3 Å². The third-order valence-corrected chi connectivity index (χ3v) is 10.8. The Bertz CT molecular complexity index is 1640. The predicted molar refractivity (Wildman–Crippen MR) is 149 cm³/mol. The number of aliphatic imine (C=N–C) groups is 1. The van der Waals surface area contributed by atoms with Crippen LogP contribution in [0.15, 0.2) is 88.8 Å². The van der Waals surface area contributed by atoms with Crippen molar-refractivity contribution < 1.29 is 30.8 Å². The molecule has 3 aromatic rings. The lowest BCUT2D eigenvalue weighted by Crippen LogP contribution is -2.78. The molecule has 1 N–H and O–H groups in total. The summed E-state index contributed by atoms with van der Waals surface area (Å²) in [7, 11) is -4.13. The Balaban J connectivity index is 1.21. The van der Waals surface area contributed by atoms with Crippen molar-refractivity contribution >= 4 is 21.6 Å². The summed E-state index contributed by atoms with van der Waals surface area (Å²) in [4.78, 5) is 17.8. The summed E-state index contributed by atoms with van der Waals surface area (Å²) >= 11 is 0. The van der Waals surface area contributed by atoms with Crippen LogP contribution < -0.4 is 5.32 Å². The first kappa shape index (κ1) is 28.5. The summed E-state index contributed by atoms with van der Waals surface area (Å²) in [6.45, 7) is 1.97. The van der Waals surface area contributed by atoms with E-state index < -0.39 is 44.1 Å². The van der Waals surface area contributed by atoms with Gasteiger partial charge in [-0.05, 0) is 73.7 Å². The number of carbonyl (C=O) groups excluding carboxylic acids is 1. The van der Waals surface area contributed by atoms with E-state index in [0.29, 0.717) is 30.7 Å². The predicted octanol–water partition coefficient (Wildman–Crippen LogP) is 5.53. The molecule has 0 spiro atoms. The zero-order valence-electron chi connectivity index (χ0n) is 22.8. The normalized spacial score (nSPS) is 26.7. The molecule has 3 saturated carbocycles. The lowest BCUT2D eigenvalue weighted by atomic mass is 9.38. The maximum atomic E-state index is 13.9. The zero-order chi connectivity index (χ0) is 30.0. The molecule has 1 atom stereocenters. The Labute approximate surface area is 241 Å². The van der Waals surface area contributed by atoms with Crippen molar-refractivity contribution in [3.63, 3.8) is 0 Å². The monoisotopic (exact) mass is 599 g/mol. The number of hydrogen-bond donors (Lipinski definition) is 1. The van der Waals surface area contributed by atoms with Gasteiger partial charge in [0.1, 0.15) is 17.2 Å². The van der Waals surface area contributed by atoms with Crippen molar-refractivity contribution in [2.45, 2.75) is 61.3 Å². The number of ketones is 1. The SMILES string of the molecule is C[C@@]1(C(=O)Cc2ccccc2)CN=C(C23CC(N(Cc4ccc(C(F)(F)F)cc4)S(=O)(=O)c4ccc(F)cc4)(C2)C3)N1. The second kappa shape index (κ2) is 9.74. The van der Waals surface area contributed by atoms with Crippen LogP contribution in [0, 0.1) is 11.2 Å². The van der Waals surface area contributed by atoms with Gasteiger partial charge in [0.2, 0.25) is 10.0 Å². The zero-order valence-corrected chi connectivity index (χ0v) is 23.6. The second-order valence-electron chi connectivity index (χ2n) is 11.9. The molecule has 0 aromatic heterocycles. The molecule has 1 aliphatic heterocycles. The smallest absolute Gasteiger partial charge is 0.360 e. The van der Waals surface area contributed by atoms with Crippen LogP contribution in [0.2, 0.25) is 0 Å². The lowest BCUT2D eigenvalue weighted by molar-refractivity contribution is -0.151. The number of amidine groups is 1. The van der Waals surface area contributed by atoms with E-state index in [9.17, 15) is 30.8 Å². The molecule has 3 fully saturated rings. The number of rotatable bonds is 9. The minimum Gasteiger partial charge on any atom is -0.360 e. The number of nitrogens with one attached hydrogen (secondary N) is 1. The Morgan fingerprint density at radius 1 is 0.929 bits per heavy atom. The van der Waals surface area contributed by atoms with Crippen LogP contribution in [0.5, 0.6) is 0 Å². The fourth-order valence-electron chi connectivity index (χ4n) is 6.47. The maximum absolute atomic E-state index is 13.9. The van der Waals surface area contributed by atoms with Crippen molar-refractivity contribution in [1.82, 2.24) is 9.62 Å². The summed E-state index contributed by atoms with van der Waals surface area (Å²) in [5.41, 5.74) is -1.54. The van der Waals surface area contributed by atoms with Gasteiger partial charge in [0.25, 0.3) is 0 Å². The minimum absolute atomic E-state index is 0.0107. The quantitative estimate of drug-likeness (QED) is 0.328. The number of alkyl halides is 3. The molecule has 0 unspecified atom stereocenters. The maximum Gasteiger partial charge on any atom is 0.416 e. The van der Waals surface area contributed by atoms with Crippen LogP contribution in [0.25, 0.3) is 0 Å². The molecule has 0 radical (unpaired) electrons. The van der Waals surface area contributed by atoms with Gasteiger partial charge in [-0.2, -0.15) is 17.5 Å². The van der Waals surface area contributed by atoms with E-state index in [0.717, 1.165) is 29.8 Å². The highest BCUT2D eigenvalue weighted by molar-refractivity contribution is 7.89. The van der Waals surface area contributed by atoms with Gasteiger partial charge in [0, 0.05) is 23.9 Å². The highest BCUT2D eigenvalue weighted by Crippen LogP contribution is 2.71. The van der Waals surface area contributed by atoms with Crippen molar-refractivity contribution in [3.05, 3.63) is 101 Å². The van der Waals surface area contributed by atoms with Gasteiger partial charge < -0.3 is 5.32 Å². The first-order valence-corrected chi connectivity index (χ1v) is 15.0. The average molecular weight is 600 g/mol. The minimum atomic E-state index is -4.51. The number of halogens is 4. The van der Waals surface area contributed by atoms with E-state index in [1.807, 2.05) is 37.3 Å². The Morgan fingerprint density at radius 3 is 2.14 bits per heavy atom. The molecule has 4 aliphatic rings. The summed E-state index contributed by atoms with van der Waals surface area (Å²) in [6, 6.07) is 18.4. The molecule has 2 bridgehead atoms. The van der Waals surface area contributed by atoms with Crippen molar-refractivity contribution in [2.24, 2.45) is 10.4 Å². The molecular formula is C31H29F4N3O3S. The van der Waals surface area contributed by atoms with Crippen LogP contribution >= 0.6 is 0 Å². The largest absolute Gasteiger partial charge is 0.416 e. The van der Waals surface area contributed by atoms with Crippen molar-refractivity contribution in [1.29, 1.82) is 0 Å². The van der Waals surface area contributed by atoms with Gasteiger partial charge in [-0.25, -0.2) is 12.8 Å². The van der Waals surface area contributed by atoms with Gasteiger partial charge in [-0.15, -0.1) is 0 Å². The third kappa shape index (κ3) is 4.82. The third-order valence-electron chi connectivity index (χ3n) is 8.81. The molecule has 6 nitrogen and oxygen atoms in total. The van der Waals surface area contributed by atoms with E-state index >= 15 is 0 Å². The van der Waals surface area contributed by atoms with E-state index in [1.165, 1.54) is 28.6 Å². The fraction of sp³-hybridized carbons (Fsp3) is 0.355. The number of carbonyl (C=O) groups is 1. The first-order chi connectivity index (χ1) is 19.7. The van der Waals surface area contributed by atoms with Crippen LogP contribution in [-0.2, 0) is 34.0 Å². The molecule has 7 rings (SSSR count). The number of Topliss-reactive ketones (excluding diaryl/α,β-unsaturated/α-hetero) is 1. The highest BCUT2D eigenvalue weighted by Gasteiger charge is 2.75. The fourth-order valence-corrected chi connectivity index (χ4v) is 8.23. The topological polar surface area (TPSA) is 78.8 Å². The number of benzene rings is 3. The van der Waals surface area contributed by atoms with Gasteiger partial charge in [-0.3, -0.25) is 9.79 Å². The molecule has 42 heavy (non-hydrogen) atoms. The standard InChI is InChI=1S/C31H29F4N3O3S/c1-28(26(39)15-21-5-3-2-4-6-21)20-36-27(37-28)29-17-30(18-29,19-29)38(42(40,41)25-13-11-24(32)12-14-25)16-22-7-9-23(10-8-22)31(33,34)35/h2-14H,15-20H2,1H3,(H,36,37)/t28-,29?,30?/m0/s1.